The van der Waals surface area contributed by atoms with E-state index in [9.17, 15) is 0 Å². The van der Waals surface area contributed by atoms with Gasteiger partial charge in [0.2, 0.25) is 0 Å². The van der Waals surface area contributed by atoms with E-state index in [0.29, 0.717) is 119 Å². The zero-order chi connectivity index (χ0) is 54.9. The molecule has 18 bridgehead atoms. The van der Waals surface area contributed by atoms with Gasteiger partial charge in [0.25, 0.3) is 0 Å². The average Bonchev–Trinajstić information content (AvgIpc) is 3.50. The molecule has 18 aliphatic heterocycles. The van der Waals surface area contributed by atoms with Gasteiger partial charge >= 0.3 is 0 Å². The van der Waals surface area contributed by atoms with Crippen molar-refractivity contribution >= 4 is 0 Å². The van der Waals surface area contributed by atoms with Crippen LogP contribution >= 0.6 is 0 Å². The third kappa shape index (κ3) is 19.4. The zero-order valence-electron chi connectivity index (χ0n) is 46.2. The molecule has 0 spiro atoms. The molecule has 9 nitrogen and oxygen atoms in total. The normalized spacial score (nSPS) is 15.6. The van der Waals surface area contributed by atoms with Crippen LogP contribution in [0.1, 0.15) is 100 Å². The molecule has 9 aromatic rings. The van der Waals surface area contributed by atoms with E-state index >= 15 is 0 Å². The van der Waals surface area contributed by atoms with Crippen LogP contribution in [-0.2, 0) is 162 Å². The summed E-state index contributed by atoms with van der Waals surface area (Å²) in [4.78, 5) is 0. The number of hydrogen-bond acceptors (Lipinski definition) is 9. The van der Waals surface area contributed by atoms with Gasteiger partial charge in [0.05, 0.1) is 119 Å². The summed E-state index contributed by atoms with van der Waals surface area (Å²) in [5, 5.41) is 0. The lowest BCUT2D eigenvalue weighted by Gasteiger charge is -2.09. The molecule has 0 aliphatic carbocycles. The van der Waals surface area contributed by atoms with Gasteiger partial charge < -0.3 is 42.6 Å². The molecule has 18 aliphatic rings. The summed E-state index contributed by atoms with van der Waals surface area (Å²) in [6.07, 6.45) is 0. The quantitative estimate of drug-likeness (QED) is 0.147. The van der Waals surface area contributed by atoms with Gasteiger partial charge in [-0.1, -0.05) is 218 Å². The minimum absolute atomic E-state index is 0.540. The van der Waals surface area contributed by atoms with Gasteiger partial charge in [-0.15, -0.1) is 0 Å². The number of hydrogen-bond donors (Lipinski definition) is 0. The molecule has 27 rings (SSSR count). The van der Waals surface area contributed by atoms with Crippen LogP contribution < -0.4 is 0 Å². The van der Waals surface area contributed by atoms with Gasteiger partial charge in [0.1, 0.15) is 0 Å². The van der Waals surface area contributed by atoms with Crippen LogP contribution in [0.2, 0.25) is 0 Å². The molecule has 0 saturated carbocycles. The SMILES string of the molecule is c1cc2ccc1COCc1ccc(cc1)COCc1ccc(cc1)COCc1ccc(cc1)COCc1ccc(cc1)COCc1ccc(cc1)COCc1ccc(cc1)COCc1ccc(cc1)COCc1ccc(cc1)COC2. The van der Waals surface area contributed by atoms with Crippen LogP contribution in [0.3, 0.4) is 0 Å². The summed E-state index contributed by atoms with van der Waals surface area (Å²) in [5.74, 6) is 0. The van der Waals surface area contributed by atoms with Crippen molar-refractivity contribution in [2.24, 2.45) is 0 Å². The number of benzene rings is 9. The Hall–Kier alpha value is -7.38. The van der Waals surface area contributed by atoms with Crippen LogP contribution in [0.25, 0.3) is 0 Å². The highest BCUT2D eigenvalue weighted by Crippen LogP contribution is 2.19. The van der Waals surface area contributed by atoms with Crippen LogP contribution in [0, 0.1) is 0 Å². The fourth-order valence-electron chi connectivity index (χ4n) is 9.17. The largest absolute Gasteiger partial charge is 0.372 e. The topological polar surface area (TPSA) is 83.1 Å². The fraction of sp³-hybridized carbons (Fsp3) is 0.250. The fourth-order valence-corrected chi connectivity index (χ4v) is 9.17. The molecule has 0 unspecified atom stereocenters. The Morgan fingerprint density at radius 1 is 0.0988 bits per heavy atom. The Morgan fingerprint density at radius 3 is 0.198 bits per heavy atom. The first-order valence-electron chi connectivity index (χ1n) is 28.0. The minimum atomic E-state index is 0.540. The van der Waals surface area contributed by atoms with Crippen molar-refractivity contribution in [1.82, 2.24) is 0 Å². The van der Waals surface area contributed by atoms with E-state index in [0.717, 1.165) is 100 Å². The maximum absolute atomic E-state index is 6.06. The van der Waals surface area contributed by atoms with E-state index < -0.39 is 0 Å². The predicted molar refractivity (Wildman–Crippen MR) is 314 cm³/mol. The van der Waals surface area contributed by atoms with Gasteiger partial charge in [-0.05, 0) is 100 Å². The van der Waals surface area contributed by atoms with Gasteiger partial charge in [0.15, 0.2) is 0 Å². The molecule has 18 heterocycles. The van der Waals surface area contributed by atoms with Crippen LogP contribution in [0.4, 0.5) is 0 Å². The molecular formula is C72H72O9. The second kappa shape index (κ2) is 31.0. The van der Waals surface area contributed by atoms with E-state index in [1.165, 1.54) is 0 Å². The lowest BCUT2D eigenvalue weighted by Crippen LogP contribution is -1.98. The van der Waals surface area contributed by atoms with Crippen LogP contribution in [0.5, 0.6) is 0 Å². The molecule has 0 N–H and O–H groups in total. The van der Waals surface area contributed by atoms with Gasteiger partial charge in [-0.3, -0.25) is 0 Å². The molecule has 9 heteroatoms. The van der Waals surface area contributed by atoms with Gasteiger partial charge in [0, 0.05) is 0 Å². The second-order valence-corrected chi connectivity index (χ2v) is 20.8. The summed E-state index contributed by atoms with van der Waals surface area (Å²) in [6, 6.07) is 75.9. The van der Waals surface area contributed by atoms with Crippen molar-refractivity contribution < 1.29 is 42.6 Å². The lowest BCUT2D eigenvalue weighted by atomic mass is 10.1. The summed E-state index contributed by atoms with van der Waals surface area (Å²) in [7, 11) is 0. The first-order chi connectivity index (χ1) is 40.0. The standard InChI is InChI=1S/C72H72O9/c1-2-56-4-3-55(1)37-73-39-57-5-7-59(8-6-57)41-75-43-61-13-15-63(16-14-61)45-77-47-65-21-23-67(24-22-65)49-79-51-69-29-31-71(32-30-69)53-81-54-72-35-33-70(34-36-72)52-80-50-68-27-25-66(26-28-68)48-78-46-64-19-17-62(18-20-64)44-76-42-60-11-9-58(10-12-60)40-74-38-56/h1-36H,37-54H2. The van der Waals surface area contributed by atoms with E-state index in [-0.39, 0.29) is 0 Å². The molecule has 0 amide bonds. The molecule has 0 atom stereocenters. The summed E-state index contributed by atoms with van der Waals surface area (Å²) in [6.45, 7) is 9.72. The van der Waals surface area contributed by atoms with E-state index in [1.54, 1.807) is 0 Å². The highest BCUT2D eigenvalue weighted by atomic mass is 16.5. The maximum atomic E-state index is 6.06. The van der Waals surface area contributed by atoms with Crippen molar-refractivity contribution in [2.75, 3.05) is 0 Å². The molecule has 9 aromatic carbocycles. The van der Waals surface area contributed by atoms with Crippen LogP contribution in [-0.4, -0.2) is 0 Å². The Balaban J connectivity index is 0.674. The third-order valence-electron chi connectivity index (χ3n) is 14.0. The summed E-state index contributed by atoms with van der Waals surface area (Å²) in [5.41, 5.74) is 20.3. The summed E-state index contributed by atoms with van der Waals surface area (Å²) < 4.78 is 54.6. The van der Waals surface area contributed by atoms with Crippen molar-refractivity contribution in [1.29, 1.82) is 0 Å². The predicted octanol–water partition coefficient (Wildman–Crippen LogP) is 15.5. The highest BCUT2D eigenvalue weighted by molar-refractivity contribution is 5.29. The highest BCUT2D eigenvalue weighted by Gasteiger charge is 2.07. The maximum Gasteiger partial charge on any atom is 0.0721 e. The molecule has 0 radical (unpaired) electrons. The Morgan fingerprint density at radius 2 is 0.148 bits per heavy atom. The van der Waals surface area contributed by atoms with Crippen molar-refractivity contribution in [2.45, 2.75) is 119 Å². The minimum Gasteiger partial charge on any atom is -0.372 e. The molecule has 0 saturated heterocycles. The second-order valence-electron chi connectivity index (χ2n) is 20.8. The monoisotopic (exact) mass is 1080 g/mol. The molecular weight excluding hydrogens is 1010 g/mol. The van der Waals surface area contributed by atoms with Crippen molar-refractivity contribution in [3.63, 3.8) is 0 Å². The van der Waals surface area contributed by atoms with E-state index in [2.05, 4.69) is 218 Å². The molecule has 414 valence electrons. The number of ether oxygens (including phenoxy) is 9. The third-order valence-corrected chi connectivity index (χ3v) is 14.0. The van der Waals surface area contributed by atoms with Gasteiger partial charge in [-0.2, -0.15) is 0 Å². The van der Waals surface area contributed by atoms with E-state index in [1.807, 2.05) is 0 Å². The first kappa shape index (κ1) is 56.9. The lowest BCUT2D eigenvalue weighted by molar-refractivity contribution is 0.103. The van der Waals surface area contributed by atoms with Crippen molar-refractivity contribution in [3.8, 4) is 0 Å². The summed E-state index contributed by atoms with van der Waals surface area (Å²) >= 11 is 0. The molecule has 0 fully saturated rings. The van der Waals surface area contributed by atoms with E-state index in [4.69, 9.17) is 42.6 Å². The first-order valence-corrected chi connectivity index (χ1v) is 28.0. The Kier molecular flexibility index (Phi) is 21.8. The smallest absolute Gasteiger partial charge is 0.0721 e. The average molecular weight is 1080 g/mol. The molecule has 81 heavy (non-hydrogen) atoms. The van der Waals surface area contributed by atoms with Crippen molar-refractivity contribution in [3.05, 3.63) is 319 Å². The number of rotatable bonds is 0. The molecule has 0 aromatic heterocycles. The Bertz CT molecular complexity index is 2300. The van der Waals surface area contributed by atoms with Gasteiger partial charge in [-0.25, -0.2) is 0 Å². The Labute approximate surface area is 477 Å². The van der Waals surface area contributed by atoms with Crippen LogP contribution in [0.15, 0.2) is 218 Å². The zero-order valence-corrected chi connectivity index (χ0v) is 46.2.